The van der Waals surface area contributed by atoms with Crippen molar-refractivity contribution in [2.24, 2.45) is 5.73 Å². The number of hydrogen-bond acceptors (Lipinski definition) is 4. The second-order valence-corrected chi connectivity index (χ2v) is 5.89. The molecule has 1 aromatic carbocycles. The zero-order valence-corrected chi connectivity index (χ0v) is 10.7. The third kappa shape index (κ3) is 2.06. The van der Waals surface area contributed by atoms with Crippen LogP contribution in [0.25, 0.3) is 5.70 Å². The van der Waals surface area contributed by atoms with E-state index in [-0.39, 0.29) is 5.37 Å². The number of hydrogen-bond donors (Lipinski definition) is 2. The lowest BCUT2D eigenvalue weighted by atomic mass is 10.1. The molecule has 2 aromatic rings. The molecule has 3 N–H and O–H groups in total. The van der Waals surface area contributed by atoms with E-state index in [0.717, 1.165) is 16.3 Å². The van der Waals surface area contributed by atoms with Crippen molar-refractivity contribution in [2.45, 2.75) is 5.37 Å². The topological polar surface area (TPSA) is 38.0 Å². The van der Waals surface area contributed by atoms with Crippen LogP contribution in [-0.2, 0) is 0 Å². The van der Waals surface area contributed by atoms with Gasteiger partial charge in [-0.1, -0.05) is 48.2 Å². The number of nitrogens with one attached hydrogen (secondary N) is 1. The number of benzene rings is 1. The summed E-state index contributed by atoms with van der Waals surface area (Å²) in [6, 6.07) is 14.4. The highest BCUT2D eigenvalue weighted by molar-refractivity contribution is 8.03. The summed E-state index contributed by atoms with van der Waals surface area (Å²) in [5.41, 5.74) is 8.29. The highest BCUT2D eigenvalue weighted by atomic mass is 32.2. The van der Waals surface area contributed by atoms with E-state index in [4.69, 9.17) is 5.73 Å². The molecule has 2 nitrogen and oxygen atoms in total. The van der Waals surface area contributed by atoms with E-state index in [1.165, 1.54) is 4.88 Å². The first-order valence-electron chi connectivity index (χ1n) is 5.36. The first-order chi connectivity index (χ1) is 8.34. The minimum absolute atomic E-state index is 0.255. The fraction of sp³-hybridized carbons (Fsp3) is 0.0769. The third-order valence-electron chi connectivity index (χ3n) is 2.63. The van der Waals surface area contributed by atoms with Gasteiger partial charge in [0.05, 0.1) is 10.7 Å². The lowest BCUT2D eigenvalue weighted by Crippen LogP contribution is -2.11. The molecule has 0 amide bonds. The standard InChI is InChI=1S/C13H12N2S2/c14-12-11(9-5-2-1-3-6-9)15-13(17-12)10-7-4-8-16-10/h1-8,13,15H,14H2. The van der Waals surface area contributed by atoms with Gasteiger partial charge in [-0.25, -0.2) is 0 Å². The molecule has 3 rings (SSSR count). The van der Waals surface area contributed by atoms with E-state index < -0.39 is 0 Å². The maximum absolute atomic E-state index is 6.09. The van der Waals surface area contributed by atoms with E-state index in [1.807, 2.05) is 18.2 Å². The van der Waals surface area contributed by atoms with Crippen LogP contribution in [0.15, 0.2) is 52.9 Å². The molecular weight excluding hydrogens is 248 g/mol. The van der Waals surface area contributed by atoms with Crippen molar-refractivity contribution in [1.29, 1.82) is 0 Å². The molecule has 0 bridgehead atoms. The van der Waals surface area contributed by atoms with E-state index in [0.29, 0.717) is 0 Å². The van der Waals surface area contributed by atoms with Crippen LogP contribution >= 0.6 is 23.1 Å². The fourth-order valence-electron chi connectivity index (χ4n) is 1.82. The summed E-state index contributed by atoms with van der Waals surface area (Å²) in [7, 11) is 0. The highest BCUT2D eigenvalue weighted by Gasteiger charge is 2.25. The van der Waals surface area contributed by atoms with Crippen LogP contribution in [-0.4, -0.2) is 0 Å². The SMILES string of the molecule is NC1=C(c2ccccc2)NC(c2cccs2)S1. The van der Waals surface area contributed by atoms with E-state index in [2.05, 4.69) is 35.0 Å². The summed E-state index contributed by atoms with van der Waals surface area (Å²) in [5.74, 6) is 0. The second-order valence-electron chi connectivity index (χ2n) is 3.76. The molecule has 1 aromatic heterocycles. The molecule has 0 spiro atoms. The number of nitrogens with two attached hydrogens (primary N) is 1. The maximum Gasteiger partial charge on any atom is 0.113 e. The first-order valence-corrected chi connectivity index (χ1v) is 7.12. The van der Waals surface area contributed by atoms with Crippen molar-refractivity contribution in [2.75, 3.05) is 0 Å². The van der Waals surface area contributed by atoms with Crippen LogP contribution in [0.5, 0.6) is 0 Å². The summed E-state index contributed by atoms with van der Waals surface area (Å²) < 4.78 is 0. The molecule has 0 fully saturated rings. The van der Waals surface area contributed by atoms with Gasteiger partial charge in [-0.05, 0) is 11.4 Å². The van der Waals surface area contributed by atoms with Crippen LogP contribution in [0.4, 0.5) is 0 Å². The molecule has 17 heavy (non-hydrogen) atoms. The van der Waals surface area contributed by atoms with Gasteiger partial charge in [-0.15, -0.1) is 11.3 Å². The van der Waals surface area contributed by atoms with E-state index >= 15 is 0 Å². The molecule has 2 heterocycles. The van der Waals surface area contributed by atoms with Crippen molar-refractivity contribution in [3.63, 3.8) is 0 Å². The Kier molecular flexibility index (Phi) is 2.82. The molecule has 1 unspecified atom stereocenters. The van der Waals surface area contributed by atoms with Crippen molar-refractivity contribution < 1.29 is 0 Å². The normalized spacial score (nSPS) is 19.4. The summed E-state index contributed by atoms with van der Waals surface area (Å²) >= 11 is 3.44. The molecule has 1 aliphatic rings. The van der Waals surface area contributed by atoms with Gasteiger partial charge in [0.2, 0.25) is 0 Å². The van der Waals surface area contributed by atoms with Crippen LogP contribution in [0.1, 0.15) is 15.8 Å². The Labute approximate surface area is 109 Å². The molecular formula is C13H12N2S2. The quantitative estimate of drug-likeness (QED) is 0.869. The Bertz CT molecular complexity index is 532. The molecule has 0 saturated heterocycles. The molecule has 0 saturated carbocycles. The molecule has 4 heteroatoms. The highest BCUT2D eigenvalue weighted by Crippen LogP contribution is 2.42. The van der Waals surface area contributed by atoms with Gasteiger partial charge in [-0.2, -0.15) is 0 Å². The third-order valence-corrected chi connectivity index (χ3v) is 4.78. The van der Waals surface area contributed by atoms with Crippen molar-refractivity contribution in [3.8, 4) is 0 Å². The number of thiophene rings is 1. The average molecular weight is 260 g/mol. The predicted octanol–water partition coefficient (Wildman–Crippen LogP) is 3.37. The summed E-state index contributed by atoms with van der Waals surface area (Å²) in [4.78, 5) is 1.31. The fourth-order valence-corrected chi connectivity index (χ4v) is 3.70. The van der Waals surface area contributed by atoms with Gasteiger partial charge in [0.15, 0.2) is 0 Å². The van der Waals surface area contributed by atoms with E-state index in [9.17, 15) is 0 Å². The predicted molar refractivity (Wildman–Crippen MR) is 75.3 cm³/mol. The van der Waals surface area contributed by atoms with Crippen LogP contribution in [0.3, 0.4) is 0 Å². The lowest BCUT2D eigenvalue weighted by Gasteiger charge is -2.10. The largest absolute Gasteiger partial charge is 0.392 e. The minimum atomic E-state index is 0.255. The molecule has 86 valence electrons. The van der Waals surface area contributed by atoms with Crippen molar-refractivity contribution in [1.82, 2.24) is 5.32 Å². The summed E-state index contributed by atoms with van der Waals surface area (Å²) in [6.07, 6.45) is 0. The van der Waals surface area contributed by atoms with Gasteiger partial charge in [0, 0.05) is 10.4 Å². The Morgan fingerprint density at radius 1 is 1.06 bits per heavy atom. The molecule has 1 atom stereocenters. The number of rotatable bonds is 2. The molecule has 0 radical (unpaired) electrons. The van der Waals surface area contributed by atoms with Crippen molar-refractivity contribution >= 4 is 28.8 Å². The second kappa shape index (κ2) is 4.47. The smallest absolute Gasteiger partial charge is 0.113 e. The Morgan fingerprint density at radius 2 is 1.88 bits per heavy atom. The van der Waals surface area contributed by atoms with Gasteiger partial charge >= 0.3 is 0 Å². The van der Waals surface area contributed by atoms with E-state index in [1.54, 1.807) is 23.1 Å². The van der Waals surface area contributed by atoms with Crippen molar-refractivity contribution in [3.05, 3.63) is 63.3 Å². The maximum atomic E-state index is 6.09. The summed E-state index contributed by atoms with van der Waals surface area (Å²) in [6.45, 7) is 0. The van der Waals surface area contributed by atoms with Crippen LogP contribution in [0, 0.1) is 0 Å². The van der Waals surface area contributed by atoms with Crippen LogP contribution in [0.2, 0.25) is 0 Å². The molecule has 1 aliphatic heterocycles. The van der Waals surface area contributed by atoms with Gasteiger partial charge in [0.1, 0.15) is 5.37 Å². The number of thioether (sulfide) groups is 1. The zero-order chi connectivity index (χ0) is 11.7. The Hall–Kier alpha value is -1.39. The first kappa shape index (κ1) is 10.7. The molecule has 0 aliphatic carbocycles. The van der Waals surface area contributed by atoms with Gasteiger partial charge in [-0.3, -0.25) is 0 Å². The lowest BCUT2D eigenvalue weighted by molar-refractivity contribution is 0.897. The van der Waals surface area contributed by atoms with Gasteiger partial charge < -0.3 is 11.1 Å². The Morgan fingerprint density at radius 3 is 2.59 bits per heavy atom. The van der Waals surface area contributed by atoms with Crippen LogP contribution < -0.4 is 11.1 Å². The summed E-state index contributed by atoms with van der Waals surface area (Å²) in [5, 5.41) is 6.70. The minimum Gasteiger partial charge on any atom is -0.392 e. The van der Waals surface area contributed by atoms with Gasteiger partial charge in [0.25, 0.3) is 0 Å². The Balaban J connectivity index is 1.86. The zero-order valence-electron chi connectivity index (χ0n) is 9.09. The average Bonchev–Trinajstić information content (AvgIpc) is 2.99. The monoisotopic (exact) mass is 260 g/mol.